The molecule has 5 nitrogen and oxygen atoms in total. The molecule has 1 aromatic heterocycles. The second-order valence-electron chi connectivity index (χ2n) is 6.53. The molecular weight excluding hydrogens is 450 g/mol. The van der Waals surface area contributed by atoms with E-state index in [-0.39, 0.29) is 0 Å². The summed E-state index contributed by atoms with van der Waals surface area (Å²) in [6, 6.07) is 23.6. The Bertz CT molecular complexity index is 1160. The molecule has 4 aromatic rings. The molecule has 0 unspecified atom stereocenters. The van der Waals surface area contributed by atoms with Crippen LogP contribution in [0.4, 0.5) is 0 Å². The summed E-state index contributed by atoms with van der Waals surface area (Å²) in [6.45, 7) is 0.734. The number of aromatic nitrogens is 2. The van der Waals surface area contributed by atoms with Crippen molar-refractivity contribution in [1.29, 1.82) is 0 Å². The van der Waals surface area contributed by atoms with E-state index in [1.807, 2.05) is 42.5 Å². The van der Waals surface area contributed by atoms with E-state index in [2.05, 4.69) is 38.7 Å². The predicted molar refractivity (Wildman–Crippen MR) is 118 cm³/mol. The van der Waals surface area contributed by atoms with E-state index in [1.165, 1.54) is 5.56 Å². The van der Waals surface area contributed by atoms with Gasteiger partial charge in [-0.3, -0.25) is 10.0 Å². The van der Waals surface area contributed by atoms with Crippen LogP contribution in [0.1, 0.15) is 21.5 Å². The lowest BCUT2D eigenvalue weighted by molar-refractivity contribution is 0.0706. The minimum atomic E-state index is -0.514. The Morgan fingerprint density at radius 2 is 1.83 bits per heavy atom. The molecule has 0 aliphatic carbocycles. The number of thioether (sulfide) groups is 1. The Morgan fingerprint density at radius 3 is 2.59 bits per heavy atom. The molecule has 2 N–H and O–H groups in total. The molecule has 29 heavy (non-hydrogen) atoms. The van der Waals surface area contributed by atoms with Crippen LogP contribution in [-0.2, 0) is 12.3 Å². The van der Waals surface area contributed by atoms with Gasteiger partial charge in [-0.25, -0.2) is 10.5 Å². The van der Waals surface area contributed by atoms with E-state index in [0.29, 0.717) is 5.56 Å². The molecule has 7 heteroatoms. The summed E-state index contributed by atoms with van der Waals surface area (Å²) >= 11 is 5.20. The minimum absolute atomic E-state index is 0.420. The second-order valence-corrected chi connectivity index (χ2v) is 8.38. The number of halogens is 1. The lowest BCUT2D eigenvalue weighted by atomic mass is 10.1. The second kappa shape index (κ2) is 8.82. The fourth-order valence-corrected chi connectivity index (χ4v) is 4.52. The Morgan fingerprint density at radius 1 is 1.03 bits per heavy atom. The molecule has 4 rings (SSSR count). The summed E-state index contributed by atoms with van der Waals surface area (Å²) in [4.78, 5) is 16.3. The van der Waals surface area contributed by atoms with Crippen molar-refractivity contribution >= 4 is 44.6 Å². The number of hydrogen-bond donors (Lipinski definition) is 2. The van der Waals surface area contributed by atoms with E-state index in [0.717, 1.165) is 38.5 Å². The monoisotopic (exact) mass is 467 g/mol. The topological polar surface area (TPSA) is 67.2 Å². The van der Waals surface area contributed by atoms with Gasteiger partial charge in [-0.2, -0.15) is 0 Å². The zero-order chi connectivity index (χ0) is 20.2. The first-order chi connectivity index (χ1) is 14.1. The molecule has 3 aromatic carbocycles. The molecule has 0 spiro atoms. The third-order valence-electron chi connectivity index (χ3n) is 4.53. The van der Waals surface area contributed by atoms with Gasteiger partial charge in [-0.15, -0.1) is 0 Å². The molecule has 0 saturated carbocycles. The van der Waals surface area contributed by atoms with Gasteiger partial charge in [-0.1, -0.05) is 64.1 Å². The highest BCUT2D eigenvalue weighted by Gasteiger charge is 2.12. The van der Waals surface area contributed by atoms with Crippen LogP contribution >= 0.6 is 27.7 Å². The van der Waals surface area contributed by atoms with Crippen molar-refractivity contribution in [1.82, 2.24) is 15.0 Å². The van der Waals surface area contributed by atoms with Gasteiger partial charge in [0.2, 0.25) is 0 Å². The zero-order valence-electron chi connectivity index (χ0n) is 15.4. The summed E-state index contributed by atoms with van der Waals surface area (Å²) in [7, 11) is 0. The maximum atomic E-state index is 11.5. The Hall–Kier alpha value is -2.61. The quantitative estimate of drug-likeness (QED) is 0.230. The average Bonchev–Trinajstić information content (AvgIpc) is 3.09. The van der Waals surface area contributed by atoms with Crippen LogP contribution in [0.2, 0.25) is 0 Å². The number of nitrogens with one attached hydrogen (secondary N) is 1. The summed E-state index contributed by atoms with van der Waals surface area (Å²) in [5.74, 6) is 0.211. The normalized spacial score (nSPS) is 11.0. The summed E-state index contributed by atoms with van der Waals surface area (Å²) in [5, 5.41) is 9.68. The number of imidazole rings is 1. The molecular formula is C22H18BrN3O2S. The summed E-state index contributed by atoms with van der Waals surface area (Å²) in [5.41, 5.74) is 6.41. The standard InChI is InChI=1S/C22H18BrN3O2S/c23-18-5-3-4-16(12-18)13-26-20-7-2-1-6-19(20)24-22(26)29-14-15-8-10-17(11-9-15)21(27)25-28/h1-12,28H,13-14H2,(H,25,27). The van der Waals surface area contributed by atoms with Crippen molar-refractivity contribution in [3.8, 4) is 0 Å². The Labute approximate surface area is 180 Å². The van der Waals surface area contributed by atoms with Gasteiger partial charge in [0.05, 0.1) is 17.6 Å². The lowest BCUT2D eigenvalue weighted by Gasteiger charge is -2.10. The van der Waals surface area contributed by atoms with E-state index in [1.54, 1.807) is 29.4 Å². The molecule has 146 valence electrons. The maximum Gasteiger partial charge on any atom is 0.274 e. The van der Waals surface area contributed by atoms with Gasteiger partial charge >= 0.3 is 0 Å². The molecule has 0 aliphatic rings. The first-order valence-electron chi connectivity index (χ1n) is 9.00. The molecule has 1 heterocycles. The molecule has 0 atom stereocenters. The van der Waals surface area contributed by atoms with Gasteiger partial charge < -0.3 is 4.57 Å². The van der Waals surface area contributed by atoms with Crippen LogP contribution in [-0.4, -0.2) is 20.7 Å². The highest BCUT2D eigenvalue weighted by atomic mass is 79.9. The Balaban J connectivity index is 1.59. The number of benzene rings is 3. The maximum absolute atomic E-state index is 11.5. The largest absolute Gasteiger partial charge is 0.314 e. The lowest BCUT2D eigenvalue weighted by Crippen LogP contribution is -2.18. The fraction of sp³-hybridized carbons (Fsp3) is 0.0909. The van der Waals surface area contributed by atoms with Crippen LogP contribution in [0.5, 0.6) is 0 Å². The van der Waals surface area contributed by atoms with Crippen molar-refractivity contribution in [3.05, 3.63) is 94.0 Å². The molecule has 1 amide bonds. The number of para-hydroxylation sites is 2. The van der Waals surface area contributed by atoms with Crippen molar-refractivity contribution in [2.45, 2.75) is 17.5 Å². The Kier molecular flexibility index (Phi) is 5.99. The highest BCUT2D eigenvalue weighted by Crippen LogP contribution is 2.28. The van der Waals surface area contributed by atoms with Gasteiger partial charge in [0, 0.05) is 15.8 Å². The van der Waals surface area contributed by atoms with Gasteiger partial charge in [0.25, 0.3) is 5.91 Å². The smallest absolute Gasteiger partial charge is 0.274 e. The predicted octanol–water partition coefficient (Wildman–Crippen LogP) is 5.26. The molecule has 0 radical (unpaired) electrons. The molecule has 0 aliphatic heterocycles. The van der Waals surface area contributed by atoms with Crippen molar-refractivity contribution < 1.29 is 10.0 Å². The van der Waals surface area contributed by atoms with Crippen molar-refractivity contribution in [2.24, 2.45) is 0 Å². The minimum Gasteiger partial charge on any atom is -0.314 e. The third-order valence-corrected chi connectivity index (χ3v) is 6.08. The van der Waals surface area contributed by atoms with Crippen LogP contribution in [0.25, 0.3) is 11.0 Å². The zero-order valence-corrected chi connectivity index (χ0v) is 17.8. The van der Waals surface area contributed by atoms with Crippen molar-refractivity contribution in [3.63, 3.8) is 0 Å². The van der Waals surface area contributed by atoms with E-state index >= 15 is 0 Å². The number of carbonyl (C=O) groups excluding carboxylic acids is 1. The van der Waals surface area contributed by atoms with Crippen LogP contribution in [0.15, 0.2) is 82.4 Å². The first kappa shape index (κ1) is 19.7. The van der Waals surface area contributed by atoms with E-state index in [4.69, 9.17) is 10.2 Å². The first-order valence-corrected chi connectivity index (χ1v) is 10.8. The number of hydrogen-bond acceptors (Lipinski definition) is 4. The SMILES string of the molecule is O=C(NO)c1ccc(CSc2nc3ccccc3n2Cc2cccc(Br)c2)cc1. The van der Waals surface area contributed by atoms with Crippen LogP contribution < -0.4 is 5.48 Å². The summed E-state index contributed by atoms with van der Waals surface area (Å²) in [6.07, 6.45) is 0. The average molecular weight is 468 g/mol. The number of nitrogens with zero attached hydrogens (tertiary/aromatic N) is 2. The summed E-state index contributed by atoms with van der Waals surface area (Å²) < 4.78 is 3.29. The number of carbonyl (C=O) groups is 1. The van der Waals surface area contributed by atoms with Gasteiger partial charge in [-0.05, 0) is 47.5 Å². The number of rotatable bonds is 6. The van der Waals surface area contributed by atoms with E-state index < -0.39 is 5.91 Å². The number of fused-ring (bicyclic) bond motifs is 1. The molecule has 0 fully saturated rings. The van der Waals surface area contributed by atoms with Crippen molar-refractivity contribution in [2.75, 3.05) is 0 Å². The number of hydroxylamine groups is 1. The van der Waals surface area contributed by atoms with Gasteiger partial charge in [0.1, 0.15) is 0 Å². The number of amides is 1. The van der Waals surface area contributed by atoms with Crippen LogP contribution in [0.3, 0.4) is 0 Å². The van der Waals surface area contributed by atoms with Gasteiger partial charge in [0.15, 0.2) is 5.16 Å². The fourth-order valence-electron chi connectivity index (χ4n) is 3.10. The molecule has 0 bridgehead atoms. The van der Waals surface area contributed by atoms with Crippen LogP contribution in [0, 0.1) is 0 Å². The highest BCUT2D eigenvalue weighted by molar-refractivity contribution is 9.10. The third kappa shape index (κ3) is 4.53. The molecule has 0 saturated heterocycles. The van der Waals surface area contributed by atoms with E-state index in [9.17, 15) is 4.79 Å².